The SMILES string of the molecule is CC1(C)O[C@H]2[C@H](OCc3ccccc3)O[C@H](C=O)[C@H]2O1. The molecule has 0 N–H and O–H groups in total. The van der Waals surface area contributed by atoms with Crippen molar-refractivity contribution in [2.45, 2.75) is 50.8 Å². The third-order valence-corrected chi connectivity index (χ3v) is 3.44. The second kappa shape index (κ2) is 5.26. The first-order chi connectivity index (χ1) is 9.59. The fourth-order valence-electron chi connectivity index (χ4n) is 2.59. The normalized spacial score (nSPS) is 34.9. The molecule has 0 radical (unpaired) electrons. The van der Waals surface area contributed by atoms with E-state index in [0.717, 1.165) is 11.8 Å². The van der Waals surface area contributed by atoms with E-state index in [9.17, 15) is 4.79 Å². The van der Waals surface area contributed by atoms with Crippen molar-refractivity contribution in [1.82, 2.24) is 0 Å². The van der Waals surface area contributed by atoms with Crippen LogP contribution in [0.4, 0.5) is 0 Å². The van der Waals surface area contributed by atoms with E-state index in [4.69, 9.17) is 18.9 Å². The van der Waals surface area contributed by atoms with Gasteiger partial charge in [0.2, 0.25) is 0 Å². The largest absolute Gasteiger partial charge is 0.345 e. The van der Waals surface area contributed by atoms with Gasteiger partial charge in [-0.3, -0.25) is 0 Å². The van der Waals surface area contributed by atoms with Crippen molar-refractivity contribution < 1.29 is 23.7 Å². The minimum Gasteiger partial charge on any atom is -0.345 e. The van der Waals surface area contributed by atoms with Gasteiger partial charge in [-0.25, -0.2) is 0 Å². The molecule has 0 saturated carbocycles. The Bertz CT molecular complexity index is 472. The summed E-state index contributed by atoms with van der Waals surface area (Å²) < 4.78 is 22.8. The number of fused-ring (bicyclic) bond motifs is 1. The van der Waals surface area contributed by atoms with Gasteiger partial charge in [0.1, 0.15) is 18.3 Å². The lowest BCUT2D eigenvalue weighted by atomic mass is 10.1. The lowest BCUT2D eigenvalue weighted by Crippen LogP contribution is -2.31. The fourth-order valence-corrected chi connectivity index (χ4v) is 2.59. The number of carbonyl (C=O) groups excluding carboxylic acids is 1. The third kappa shape index (κ3) is 2.62. The van der Waals surface area contributed by atoms with Crippen molar-refractivity contribution in [3.8, 4) is 0 Å². The van der Waals surface area contributed by atoms with Gasteiger partial charge in [-0.15, -0.1) is 0 Å². The molecular formula is C15H18O5. The van der Waals surface area contributed by atoms with Crippen molar-refractivity contribution in [2.24, 2.45) is 0 Å². The molecule has 108 valence electrons. The van der Waals surface area contributed by atoms with E-state index < -0.39 is 24.3 Å². The Hall–Kier alpha value is -1.27. The summed E-state index contributed by atoms with van der Waals surface area (Å²) in [5.74, 6) is -0.714. The number of aldehydes is 1. The number of rotatable bonds is 4. The smallest absolute Gasteiger partial charge is 0.187 e. The highest BCUT2D eigenvalue weighted by Crippen LogP contribution is 2.38. The van der Waals surface area contributed by atoms with E-state index in [2.05, 4.69) is 0 Å². The minimum atomic E-state index is -0.714. The lowest BCUT2D eigenvalue weighted by Gasteiger charge is -2.22. The zero-order valence-corrected chi connectivity index (χ0v) is 11.5. The van der Waals surface area contributed by atoms with Crippen LogP contribution >= 0.6 is 0 Å². The summed E-state index contributed by atoms with van der Waals surface area (Å²) in [6.45, 7) is 4.05. The molecule has 2 fully saturated rings. The van der Waals surface area contributed by atoms with Gasteiger partial charge in [0.15, 0.2) is 18.4 Å². The molecule has 0 unspecified atom stereocenters. The molecule has 3 rings (SSSR count). The Balaban J connectivity index is 1.66. The highest BCUT2D eigenvalue weighted by Gasteiger charge is 2.55. The summed E-state index contributed by atoms with van der Waals surface area (Å²) in [5, 5.41) is 0. The van der Waals surface area contributed by atoms with Crippen LogP contribution in [0, 0.1) is 0 Å². The van der Waals surface area contributed by atoms with Gasteiger partial charge in [-0.2, -0.15) is 0 Å². The number of ether oxygens (including phenoxy) is 4. The third-order valence-electron chi connectivity index (χ3n) is 3.44. The van der Waals surface area contributed by atoms with Crippen LogP contribution in [0.5, 0.6) is 0 Å². The summed E-state index contributed by atoms with van der Waals surface area (Å²) in [4.78, 5) is 11.1. The molecule has 0 amide bonds. The van der Waals surface area contributed by atoms with E-state index in [1.807, 2.05) is 44.2 Å². The highest BCUT2D eigenvalue weighted by molar-refractivity contribution is 5.58. The van der Waals surface area contributed by atoms with Crippen LogP contribution in [-0.4, -0.2) is 36.7 Å². The van der Waals surface area contributed by atoms with E-state index in [1.54, 1.807) is 0 Å². The van der Waals surface area contributed by atoms with Crippen LogP contribution < -0.4 is 0 Å². The van der Waals surface area contributed by atoms with Gasteiger partial charge in [0.25, 0.3) is 0 Å². The van der Waals surface area contributed by atoms with Gasteiger partial charge < -0.3 is 23.7 Å². The number of hydrogen-bond donors (Lipinski definition) is 0. The maximum absolute atomic E-state index is 11.1. The van der Waals surface area contributed by atoms with E-state index in [0.29, 0.717) is 6.61 Å². The van der Waals surface area contributed by atoms with E-state index >= 15 is 0 Å². The van der Waals surface area contributed by atoms with Gasteiger partial charge in [-0.05, 0) is 19.4 Å². The molecule has 1 aromatic rings. The summed E-state index contributed by atoms with van der Waals surface area (Å²) >= 11 is 0. The fraction of sp³-hybridized carbons (Fsp3) is 0.533. The summed E-state index contributed by atoms with van der Waals surface area (Å²) in [5.41, 5.74) is 1.04. The molecular weight excluding hydrogens is 260 g/mol. The second-order valence-electron chi connectivity index (χ2n) is 5.47. The average molecular weight is 278 g/mol. The molecule has 2 saturated heterocycles. The van der Waals surface area contributed by atoms with Gasteiger partial charge in [-0.1, -0.05) is 30.3 Å². The zero-order valence-electron chi connectivity index (χ0n) is 11.5. The van der Waals surface area contributed by atoms with Crippen LogP contribution in [0.3, 0.4) is 0 Å². The van der Waals surface area contributed by atoms with Crippen molar-refractivity contribution in [3.05, 3.63) is 35.9 Å². The molecule has 0 aromatic heterocycles. The van der Waals surface area contributed by atoms with Crippen LogP contribution in [0.2, 0.25) is 0 Å². The van der Waals surface area contributed by atoms with Crippen LogP contribution in [0.15, 0.2) is 30.3 Å². The molecule has 4 atom stereocenters. The Morgan fingerprint density at radius 2 is 1.90 bits per heavy atom. The summed E-state index contributed by atoms with van der Waals surface area (Å²) in [7, 11) is 0. The summed E-state index contributed by atoms with van der Waals surface area (Å²) in [6.07, 6.45) is -1.25. The molecule has 0 aliphatic carbocycles. The van der Waals surface area contributed by atoms with Crippen molar-refractivity contribution >= 4 is 6.29 Å². The molecule has 2 aliphatic heterocycles. The Morgan fingerprint density at radius 1 is 1.20 bits per heavy atom. The van der Waals surface area contributed by atoms with E-state index in [1.165, 1.54) is 0 Å². The van der Waals surface area contributed by atoms with Crippen molar-refractivity contribution in [3.63, 3.8) is 0 Å². The molecule has 0 bridgehead atoms. The molecule has 1 aromatic carbocycles. The second-order valence-corrected chi connectivity index (χ2v) is 5.47. The number of benzene rings is 1. The zero-order chi connectivity index (χ0) is 14.2. The lowest BCUT2D eigenvalue weighted by molar-refractivity contribution is -0.232. The molecule has 5 heteroatoms. The molecule has 5 nitrogen and oxygen atoms in total. The van der Waals surface area contributed by atoms with Gasteiger partial charge >= 0.3 is 0 Å². The van der Waals surface area contributed by atoms with Gasteiger partial charge in [0.05, 0.1) is 6.61 Å². The first-order valence-corrected chi connectivity index (χ1v) is 6.71. The molecule has 0 spiro atoms. The maximum Gasteiger partial charge on any atom is 0.187 e. The molecule has 20 heavy (non-hydrogen) atoms. The standard InChI is InChI=1S/C15H18O5/c1-15(2)19-12-11(8-16)18-14(13(12)20-15)17-9-10-6-4-3-5-7-10/h3-8,11-14H,9H2,1-2H3/t11-,12-,13-,14-/m1/s1. The summed E-state index contributed by atoms with van der Waals surface area (Å²) in [6, 6.07) is 9.79. The van der Waals surface area contributed by atoms with Crippen LogP contribution in [-0.2, 0) is 30.3 Å². The van der Waals surface area contributed by atoms with Crippen molar-refractivity contribution in [1.29, 1.82) is 0 Å². The first-order valence-electron chi connectivity index (χ1n) is 6.71. The van der Waals surface area contributed by atoms with Crippen LogP contribution in [0.1, 0.15) is 19.4 Å². The molecule has 2 heterocycles. The quantitative estimate of drug-likeness (QED) is 0.784. The van der Waals surface area contributed by atoms with Crippen LogP contribution in [0.25, 0.3) is 0 Å². The predicted octanol–water partition coefficient (Wildman–Crippen LogP) is 1.65. The maximum atomic E-state index is 11.1. The Labute approximate surface area is 117 Å². The first kappa shape index (κ1) is 13.7. The Morgan fingerprint density at radius 3 is 2.60 bits per heavy atom. The number of carbonyl (C=O) groups is 1. The monoisotopic (exact) mass is 278 g/mol. The average Bonchev–Trinajstić information content (AvgIpc) is 2.91. The minimum absolute atomic E-state index is 0.371. The Kier molecular flexibility index (Phi) is 3.60. The molecule has 2 aliphatic rings. The topological polar surface area (TPSA) is 54.0 Å². The number of hydrogen-bond acceptors (Lipinski definition) is 5. The van der Waals surface area contributed by atoms with Crippen molar-refractivity contribution in [2.75, 3.05) is 0 Å². The van der Waals surface area contributed by atoms with Gasteiger partial charge in [0, 0.05) is 0 Å². The predicted molar refractivity (Wildman–Crippen MR) is 69.8 cm³/mol. The highest BCUT2D eigenvalue weighted by atomic mass is 16.8. The van der Waals surface area contributed by atoms with E-state index in [-0.39, 0.29) is 6.10 Å².